The van der Waals surface area contributed by atoms with Crippen LogP contribution in [-0.2, 0) is 47.9 Å². The Morgan fingerprint density at radius 3 is 1.50 bits per heavy atom. The normalized spacial score (nSPS) is 29.1. The van der Waals surface area contributed by atoms with Gasteiger partial charge in [-0.05, 0) is 94.1 Å². The first-order chi connectivity index (χ1) is 39.6. The van der Waals surface area contributed by atoms with Crippen molar-refractivity contribution in [1.29, 1.82) is 0 Å². The van der Waals surface area contributed by atoms with Gasteiger partial charge in [0.2, 0.25) is 41.4 Å². The molecule has 2 unspecified atom stereocenters. The minimum atomic E-state index is -1.65. The van der Waals surface area contributed by atoms with Crippen LogP contribution in [-0.4, -0.2) is 225 Å². The maximum absolute atomic E-state index is 15.7. The Hall–Kier alpha value is -5.46. The zero-order chi connectivity index (χ0) is 66.9. The molecule has 1 heterocycles. The van der Waals surface area contributed by atoms with Gasteiger partial charge in [-0.1, -0.05) is 109 Å². The number of thioether (sulfide) groups is 1. The Bertz CT molecular complexity index is 2380. The predicted octanol–water partition coefficient (Wildman–Crippen LogP) is 4.18. The number of aliphatic hydroxyl groups excluding tert-OH is 1. The summed E-state index contributed by atoms with van der Waals surface area (Å²) >= 11 is 1.01. The van der Waals surface area contributed by atoms with Gasteiger partial charge in [0.05, 0.1) is 19.6 Å². The first-order valence-corrected chi connectivity index (χ1v) is 32.0. The Balaban J connectivity index is 4.47. The zero-order valence-corrected chi connectivity index (χ0v) is 57.4. The molecule has 1 aliphatic heterocycles. The molecule has 0 aromatic carbocycles. The summed E-state index contributed by atoms with van der Waals surface area (Å²) in [6.07, 6.45) is 2.97. The summed E-state index contributed by atoms with van der Waals surface area (Å²) in [4.78, 5) is 153. The number of quaternary nitrogens is 1. The summed E-state index contributed by atoms with van der Waals surface area (Å²) in [5.41, 5.74) is 0. The van der Waals surface area contributed by atoms with Crippen molar-refractivity contribution in [3.05, 3.63) is 17.4 Å². The van der Waals surface area contributed by atoms with E-state index in [1.165, 1.54) is 75.7 Å². The monoisotopic (exact) mass is 1230 g/mol. The van der Waals surface area contributed by atoms with Crippen LogP contribution < -0.4 is 21.3 Å². The molecule has 86 heavy (non-hydrogen) atoms. The van der Waals surface area contributed by atoms with E-state index in [-0.39, 0.29) is 55.8 Å². The zero-order valence-electron chi connectivity index (χ0n) is 56.6. The fourth-order valence-corrected chi connectivity index (χ4v) is 11.8. The lowest BCUT2D eigenvalue weighted by Crippen LogP contribution is -2.67. The van der Waals surface area contributed by atoms with Gasteiger partial charge in [-0.2, -0.15) is 0 Å². The van der Waals surface area contributed by atoms with Crippen LogP contribution in [0, 0.1) is 46.6 Å². The van der Waals surface area contributed by atoms with Gasteiger partial charge in [-0.25, -0.2) is 4.79 Å². The largest absolute Gasteiger partial charge is 0.628 e. The summed E-state index contributed by atoms with van der Waals surface area (Å²) in [5.74, 6) is -9.87. The lowest BCUT2D eigenvalue weighted by molar-refractivity contribution is -0.976. The second-order valence-corrected chi connectivity index (χ2v) is 27.2. The fourth-order valence-electron chi connectivity index (χ4n) is 11.0. The molecule has 0 bridgehead atoms. The third kappa shape index (κ3) is 20.8. The molecule has 1 aliphatic rings. The maximum Gasteiger partial charge on any atom is 0.413 e. The molecule has 10 amide bonds. The number of aliphatic hydroxyl groups is 1. The van der Waals surface area contributed by atoms with E-state index in [0.29, 0.717) is 6.42 Å². The van der Waals surface area contributed by atoms with E-state index in [9.17, 15) is 43.5 Å². The number of hydroxylamine groups is 3. The summed E-state index contributed by atoms with van der Waals surface area (Å²) in [6, 6.07) is -11.8. The molecule has 5 N–H and O–H groups in total. The number of carbonyl (C=O) groups is 10. The van der Waals surface area contributed by atoms with Gasteiger partial charge in [0.1, 0.15) is 49.0 Å². The van der Waals surface area contributed by atoms with E-state index in [1.54, 1.807) is 66.9 Å². The van der Waals surface area contributed by atoms with Gasteiger partial charge in [0.15, 0.2) is 17.5 Å². The van der Waals surface area contributed by atoms with Crippen molar-refractivity contribution in [2.75, 3.05) is 48.5 Å². The molecule has 23 nitrogen and oxygen atoms in total. The first-order valence-electron chi connectivity index (χ1n) is 30.7. The summed E-state index contributed by atoms with van der Waals surface area (Å²) < 4.78 is -0.368. The highest BCUT2D eigenvalue weighted by molar-refractivity contribution is 7.99. The number of hydrogen-bond donors (Lipinski definition) is 5. The minimum absolute atomic E-state index is 0.00176. The smallest absolute Gasteiger partial charge is 0.413 e. The maximum atomic E-state index is 15.7. The molecule has 0 spiro atoms. The molecule has 1 fully saturated rings. The Labute approximate surface area is 519 Å². The van der Waals surface area contributed by atoms with Crippen molar-refractivity contribution >= 4 is 77.6 Å². The highest BCUT2D eigenvalue weighted by atomic mass is 32.2. The molecule has 0 aromatic heterocycles. The Kier molecular flexibility index (Phi) is 31.9. The second-order valence-electron chi connectivity index (χ2n) is 26.3. The molecular weight excluding hydrogens is 1120 g/mol. The van der Waals surface area contributed by atoms with E-state index < -0.39 is 153 Å². The van der Waals surface area contributed by atoms with Crippen LogP contribution in [0.5, 0.6) is 0 Å². The fraction of sp³-hybridized carbons (Fsp3) is 0.790. The average molecular weight is 1240 g/mol. The van der Waals surface area contributed by atoms with E-state index in [4.69, 9.17) is 0 Å². The van der Waals surface area contributed by atoms with Crippen molar-refractivity contribution in [2.24, 2.45) is 41.4 Å². The van der Waals surface area contributed by atoms with Crippen molar-refractivity contribution in [1.82, 2.24) is 45.8 Å². The highest BCUT2D eigenvalue weighted by Gasteiger charge is 2.51. The number of hydrogen-bond acceptors (Lipinski definition) is 13. The van der Waals surface area contributed by atoms with Gasteiger partial charge in [0.25, 0.3) is 18.0 Å². The number of likely N-dealkylation sites (N-methyl/N-ethyl adjacent to an activating group) is 6. The van der Waals surface area contributed by atoms with Crippen molar-refractivity contribution in [2.45, 2.75) is 228 Å². The number of rotatable bonds is 16. The van der Waals surface area contributed by atoms with E-state index in [0.717, 1.165) is 21.2 Å². The van der Waals surface area contributed by atoms with Gasteiger partial charge >= 0.3 is 5.91 Å². The Morgan fingerprint density at radius 2 is 1.06 bits per heavy atom. The molecule has 0 radical (unpaired) electrons. The highest BCUT2D eigenvalue weighted by Crippen LogP contribution is 2.30. The number of nitrogens with one attached hydrogen (secondary N) is 4. The number of amides is 10. The summed E-state index contributed by atoms with van der Waals surface area (Å²) in [5, 5.41) is 37.6. The van der Waals surface area contributed by atoms with E-state index >= 15 is 14.8 Å². The number of carbonyl (C=O) groups excluding carboxylic acids is 10. The van der Waals surface area contributed by atoms with Crippen molar-refractivity contribution in [3.8, 4) is 0 Å². The van der Waals surface area contributed by atoms with Crippen molar-refractivity contribution < 1.29 is 62.3 Å². The summed E-state index contributed by atoms with van der Waals surface area (Å²) in [6.45, 7) is 33.6. The lowest BCUT2D eigenvalue weighted by Gasteiger charge is -2.49. The molecule has 0 saturated carbocycles. The van der Waals surface area contributed by atoms with Crippen LogP contribution in [0.3, 0.4) is 0 Å². The first kappa shape index (κ1) is 78.6. The average Bonchev–Trinajstić information content (AvgIpc) is 1.10. The molecule has 1 saturated heterocycles. The van der Waals surface area contributed by atoms with Crippen LogP contribution in [0.25, 0.3) is 0 Å². The molecule has 24 heteroatoms. The molecular formula is C62H112N11O12S+. The lowest BCUT2D eigenvalue weighted by atomic mass is 9.91. The molecule has 492 valence electrons. The van der Waals surface area contributed by atoms with Crippen LogP contribution in [0.1, 0.15) is 156 Å². The van der Waals surface area contributed by atoms with Crippen LogP contribution in [0.4, 0.5) is 0 Å². The third-order valence-electron chi connectivity index (χ3n) is 16.3. The van der Waals surface area contributed by atoms with Crippen LogP contribution >= 0.6 is 11.8 Å². The standard InChI is InChI=1S/C62H111N11O12S/c1-26-28-29-40(15)51(74)50-55(78)65-43(27-2)57(80)72(23)62(86-25)61(84)68(19)45(31-35(5)6)54(77)66-48(38(11)12)59(82)67(18)44(30-34(3)4)53(76)63-41(16)52(75)64-42(17)56(79)69(20)47(33-37(9)10)73(24,85)46(32-36(7)8)58(81)70(21)49(39(13)14)60(83)71(50)22/h26,28,34-51,62,74H,20,27,29-33H2,1-19,21-25H3,(H3-,63,64,65,66,75,76,77,78)/p+1/b28-26+/t40-,41+,42+,43+,44+,45+,46+,47-,48+,49+,50?,51+,62+,73?/m1/s1. The summed E-state index contributed by atoms with van der Waals surface area (Å²) in [7, 11) is 8.26. The van der Waals surface area contributed by atoms with Gasteiger partial charge in [0, 0.05) is 41.7 Å². The van der Waals surface area contributed by atoms with Crippen LogP contribution in [0.2, 0.25) is 0 Å². The second kappa shape index (κ2) is 34.9. The Morgan fingerprint density at radius 1 is 0.593 bits per heavy atom. The molecule has 0 aliphatic carbocycles. The number of allylic oxidation sites excluding steroid dienone is 2. The van der Waals surface area contributed by atoms with E-state index in [2.05, 4.69) is 28.0 Å². The van der Waals surface area contributed by atoms with Gasteiger partial charge in [-0.15, -0.1) is 16.3 Å². The van der Waals surface area contributed by atoms with Crippen molar-refractivity contribution in [3.63, 3.8) is 0 Å². The topological polar surface area (TPSA) is 281 Å². The SMILES string of the molecule is C=[N+]1C(=O)[C@H](C)NC(=O)[C@H](C)NC(=O)[C@H](CC(C)C)N(C)C(=O)[C@H](C(C)C)NC(=O)[C@H](CC(C)C)N(C)C(=O)[C@H](SC)N(C)C(=O)[C@H](CC)NC(=O)C([C@@H](O)[C@H](C)C/C=C/C)N(C)C(=O)[C@H](C(C)C)N(C)C(=O)[C@H](CC(C)C)[N+](C)([O-])[C@@H]1CC(C)C. The third-order valence-corrected chi connectivity index (χ3v) is 17.3. The van der Waals surface area contributed by atoms with Crippen LogP contribution in [0.15, 0.2) is 12.2 Å². The van der Waals surface area contributed by atoms with Gasteiger partial charge < -0.3 is 56.1 Å². The molecule has 1 rings (SSSR count). The number of nitrogens with zero attached hydrogens (tertiary/aromatic N) is 7. The minimum Gasteiger partial charge on any atom is -0.628 e. The quantitative estimate of drug-likeness (QED) is 0.0629. The molecule has 14 atom stereocenters. The van der Waals surface area contributed by atoms with Gasteiger partial charge in [-0.3, -0.25) is 47.8 Å². The van der Waals surface area contributed by atoms with E-state index in [1.807, 2.05) is 55.4 Å². The predicted molar refractivity (Wildman–Crippen MR) is 337 cm³/mol. The molecule has 0 aromatic rings.